The van der Waals surface area contributed by atoms with Gasteiger partial charge in [0, 0.05) is 48.1 Å². The van der Waals surface area contributed by atoms with E-state index in [-0.39, 0.29) is 17.9 Å². The molecule has 3 rings (SSSR count). The minimum Gasteiger partial charge on any atom is -0.380 e. The van der Waals surface area contributed by atoms with Gasteiger partial charge in [-0.1, -0.05) is 18.2 Å². The van der Waals surface area contributed by atoms with Gasteiger partial charge >= 0.3 is 0 Å². The highest BCUT2D eigenvalue weighted by atomic mass is 32.1. The third-order valence-electron chi connectivity index (χ3n) is 4.91. The van der Waals surface area contributed by atoms with E-state index in [1.54, 1.807) is 18.4 Å². The molecule has 0 bridgehead atoms. The molecule has 2 aromatic rings. The van der Waals surface area contributed by atoms with Gasteiger partial charge in [0.15, 0.2) is 0 Å². The van der Waals surface area contributed by atoms with Crippen LogP contribution in [-0.2, 0) is 22.6 Å². The summed E-state index contributed by atoms with van der Waals surface area (Å²) in [7, 11) is 1.63. The van der Waals surface area contributed by atoms with Crippen LogP contribution in [0.5, 0.6) is 0 Å². The Morgan fingerprint density at radius 1 is 1.19 bits per heavy atom. The number of rotatable bonds is 5. The fourth-order valence-corrected chi connectivity index (χ4v) is 4.37. The first kappa shape index (κ1) is 19.6. The number of hydrogen-bond donors (Lipinski definition) is 0. The summed E-state index contributed by atoms with van der Waals surface area (Å²) in [4.78, 5) is 31.7. The zero-order valence-corrected chi connectivity index (χ0v) is 16.9. The summed E-state index contributed by atoms with van der Waals surface area (Å²) in [5.41, 5.74) is 1.57. The highest BCUT2D eigenvalue weighted by molar-refractivity contribution is 7.12. The fraction of sp³-hybridized carbons (Fsp3) is 0.429. The maximum Gasteiger partial charge on any atom is 0.254 e. The third-order valence-corrected chi connectivity index (χ3v) is 5.91. The normalized spacial score (nSPS) is 17.2. The predicted molar refractivity (Wildman–Crippen MR) is 107 cm³/mol. The van der Waals surface area contributed by atoms with Crippen LogP contribution in [0.15, 0.2) is 36.4 Å². The Hall–Kier alpha value is -2.18. The van der Waals surface area contributed by atoms with Gasteiger partial charge in [0.05, 0.1) is 13.0 Å². The SMILES string of the molecule is COCc1ccccc1C(=O)N1CCN(C(=O)Cc2ccc(C)s2)C[C@@H]1C. The van der Waals surface area contributed by atoms with Crippen LogP contribution in [-0.4, -0.2) is 54.4 Å². The van der Waals surface area contributed by atoms with Gasteiger partial charge < -0.3 is 14.5 Å². The van der Waals surface area contributed by atoms with Gasteiger partial charge in [-0.05, 0) is 37.6 Å². The molecule has 1 aromatic carbocycles. The van der Waals surface area contributed by atoms with Crippen molar-refractivity contribution in [1.29, 1.82) is 0 Å². The molecule has 1 aliphatic heterocycles. The smallest absolute Gasteiger partial charge is 0.254 e. The summed E-state index contributed by atoms with van der Waals surface area (Å²) in [6.07, 6.45) is 0.440. The number of thiophene rings is 1. The minimum absolute atomic E-state index is 0.0103. The van der Waals surface area contributed by atoms with Crippen LogP contribution in [0.3, 0.4) is 0 Å². The highest BCUT2D eigenvalue weighted by Gasteiger charge is 2.31. The van der Waals surface area contributed by atoms with Crippen molar-refractivity contribution < 1.29 is 14.3 Å². The van der Waals surface area contributed by atoms with Gasteiger partial charge in [0.2, 0.25) is 5.91 Å². The van der Waals surface area contributed by atoms with Crippen molar-refractivity contribution in [2.24, 2.45) is 0 Å². The quantitative estimate of drug-likeness (QED) is 0.793. The number of benzene rings is 1. The van der Waals surface area contributed by atoms with Crippen molar-refractivity contribution in [1.82, 2.24) is 9.80 Å². The standard InChI is InChI=1S/C21H26N2O3S/c1-15-13-22(20(24)12-18-9-8-16(2)27-18)10-11-23(15)21(25)19-7-5-4-6-17(19)14-26-3/h4-9,15H,10-14H2,1-3H3/t15-/m0/s1. The van der Waals surface area contributed by atoms with Crippen LogP contribution in [0.2, 0.25) is 0 Å². The van der Waals surface area contributed by atoms with Crippen molar-refractivity contribution >= 4 is 23.2 Å². The first-order valence-electron chi connectivity index (χ1n) is 9.20. The number of amides is 2. The number of carbonyl (C=O) groups excluding carboxylic acids is 2. The zero-order valence-electron chi connectivity index (χ0n) is 16.1. The molecular weight excluding hydrogens is 360 g/mol. The first-order chi connectivity index (χ1) is 13.0. The second-order valence-electron chi connectivity index (χ2n) is 6.97. The molecule has 1 aromatic heterocycles. The molecule has 0 spiro atoms. The number of piperazine rings is 1. The van der Waals surface area contributed by atoms with E-state index in [1.165, 1.54) is 4.88 Å². The topological polar surface area (TPSA) is 49.9 Å². The number of nitrogens with zero attached hydrogens (tertiary/aromatic N) is 2. The van der Waals surface area contributed by atoms with E-state index < -0.39 is 0 Å². The molecule has 1 fully saturated rings. The van der Waals surface area contributed by atoms with Crippen molar-refractivity contribution in [2.75, 3.05) is 26.7 Å². The summed E-state index contributed by atoms with van der Waals surface area (Å²) >= 11 is 1.67. The number of methoxy groups -OCH3 is 1. The first-order valence-corrected chi connectivity index (χ1v) is 10.0. The maximum atomic E-state index is 13.0. The van der Waals surface area contributed by atoms with Crippen LogP contribution in [0, 0.1) is 6.92 Å². The van der Waals surface area contributed by atoms with Crippen molar-refractivity contribution in [3.63, 3.8) is 0 Å². The molecule has 2 amide bonds. The molecule has 1 aliphatic rings. The van der Waals surface area contributed by atoms with Crippen LogP contribution in [0.25, 0.3) is 0 Å². The molecule has 2 heterocycles. The largest absolute Gasteiger partial charge is 0.380 e. The predicted octanol–water partition coefficient (Wildman–Crippen LogP) is 3.12. The molecule has 0 saturated carbocycles. The molecule has 6 heteroatoms. The van der Waals surface area contributed by atoms with Crippen LogP contribution < -0.4 is 0 Å². The second-order valence-corrected chi connectivity index (χ2v) is 8.34. The molecule has 144 valence electrons. The molecule has 0 aliphatic carbocycles. The van der Waals surface area contributed by atoms with E-state index in [2.05, 4.69) is 0 Å². The summed E-state index contributed by atoms with van der Waals surface area (Å²) in [6.45, 7) is 6.16. The molecule has 5 nitrogen and oxygen atoms in total. The molecular formula is C21H26N2O3S. The Bertz CT molecular complexity index is 817. The summed E-state index contributed by atoms with van der Waals surface area (Å²) < 4.78 is 5.22. The molecule has 1 saturated heterocycles. The zero-order chi connectivity index (χ0) is 19.4. The number of hydrogen-bond acceptors (Lipinski definition) is 4. The van der Waals surface area contributed by atoms with E-state index >= 15 is 0 Å². The highest BCUT2D eigenvalue weighted by Crippen LogP contribution is 2.20. The monoisotopic (exact) mass is 386 g/mol. The minimum atomic E-state index is -0.0177. The summed E-state index contributed by atoms with van der Waals surface area (Å²) in [5, 5.41) is 0. The Kier molecular flexibility index (Phi) is 6.29. The number of carbonyl (C=O) groups is 2. The van der Waals surface area contributed by atoms with E-state index in [0.29, 0.717) is 38.2 Å². The Morgan fingerprint density at radius 2 is 1.96 bits per heavy atom. The van der Waals surface area contributed by atoms with Gasteiger partial charge in [0.25, 0.3) is 5.91 Å². The molecule has 0 unspecified atom stereocenters. The van der Waals surface area contributed by atoms with Crippen molar-refractivity contribution in [2.45, 2.75) is 32.9 Å². The van der Waals surface area contributed by atoms with Crippen LogP contribution in [0.4, 0.5) is 0 Å². The lowest BCUT2D eigenvalue weighted by Gasteiger charge is -2.40. The van der Waals surface area contributed by atoms with E-state index in [4.69, 9.17) is 4.74 Å². The van der Waals surface area contributed by atoms with E-state index in [0.717, 1.165) is 10.4 Å². The average molecular weight is 387 g/mol. The lowest BCUT2D eigenvalue weighted by molar-refractivity contribution is -0.132. The Labute approximate surface area is 164 Å². The van der Waals surface area contributed by atoms with Crippen LogP contribution in [0.1, 0.15) is 32.6 Å². The van der Waals surface area contributed by atoms with Crippen molar-refractivity contribution in [3.8, 4) is 0 Å². The van der Waals surface area contributed by atoms with E-state index in [9.17, 15) is 9.59 Å². The van der Waals surface area contributed by atoms with Gasteiger partial charge in [-0.25, -0.2) is 0 Å². The third kappa shape index (κ3) is 4.57. The summed E-state index contributed by atoms with van der Waals surface area (Å²) in [5.74, 6) is 0.145. The second kappa shape index (κ2) is 8.67. The Morgan fingerprint density at radius 3 is 2.63 bits per heavy atom. The van der Waals surface area contributed by atoms with E-state index in [1.807, 2.05) is 60.0 Å². The van der Waals surface area contributed by atoms with Gasteiger partial charge in [-0.2, -0.15) is 0 Å². The van der Waals surface area contributed by atoms with Gasteiger partial charge in [0.1, 0.15) is 0 Å². The average Bonchev–Trinajstić information content (AvgIpc) is 3.06. The Balaban J connectivity index is 1.64. The lowest BCUT2D eigenvalue weighted by Crippen LogP contribution is -2.55. The van der Waals surface area contributed by atoms with Gasteiger partial charge in [-0.15, -0.1) is 11.3 Å². The fourth-order valence-electron chi connectivity index (χ4n) is 3.49. The maximum absolute atomic E-state index is 13.0. The summed E-state index contributed by atoms with van der Waals surface area (Å²) in [6, 6.07) is 11.6. The lowest BCUT2D eigenvalue weighted by atomic mass is 10.0. The number of aryl methyl sites for hydroxylation is 1. The van der Waals surface area contributed by atoms with Crippen molar-refractivity contribution in [3.05, 3.63) is 57.3 Å². The molecule has 0 N–H and O–H groups in total. The molecule has 0 radical (unpaired) electrons. The molecule has 1 atom stereocenters. The molecule has 27 heavy (non-hydrogen) atoms. The number of ether oxygens (including phenoxy) is 1. The van der Waals surface area contributed by atoms with Crippen LogP contribution >= 0.6 is 11.3 Å². The van der Waals surface area contributed by atoms with Gasteiger partial charge in [-0.3, -0.25) is 9.59 Å².